The summed E-state index contributed by atoms with van der Waals surface area (Å²) >= 11 is 4.99. The summed E-state index contributed by atoms with van der Waals surface area (Å²) in [4.78, 5) is 0. The predicted molar refractivity (Wildman–Crippen MR) is 38.6 cm³/mol. The van der Waals surface area contributed by atoms with Gasteiger partial charge in [0.15, 0.2) is 4.71 Å². The molecule has 1 N–H and O–H groups in total. The van der Waals surface area contributed by atoms with Gasteiger partial charge in [-0.2, -0.15) is 8.42 Å². The van der Waals surface area contributed by atoms with Crippen molar-refractivity contribution in [2.75, 3.05) is 0 Å². The Morgan fingerprint density at radius 3 is 2.00 bits per heavy atom. The molecule has 0 aromatic rings. The van der Waals surface area contributed by atoms with E-state index in [0.717, 1.165) is 6.08 Å². The molecule has 0 heterocycles. The lowest BCUT2D eigenvalue weighted by Crippen LogP contribution is -2.09. The van der Waals surface area contributed by atoms with Crippen molar-refractivity contribution >= 4 is 34.1 Å². The number of alkyl halides is 1. The van der Waals surface area contributed by atoms with Gasteiger partial charge in [-0.15, -0.1) is 19.0 Å². The molecule has 0 aliphatic heterocycles. The molecule has 0 amide bonds. The lowest BCUT2D eigenvalue weighted by molar-refractivity contribution is 0.484. The zero-order chi connectivity index (χ0) is 6.78. The fraction of sp³-hybridized carbons (Fsp3) is 0.333. The summed E-state index contributed by atoms with van der Waals surface area (Å²) in [5, 5.41) is 0. The molecule has 0 spiro atoms. The lowest BCUT2D eigenvalue weighted by atomic mass is 10.8. The Labute approximate surface area is 64.9 Å². The second-order valence-electron chi connectivity index (χ2n) is 1.10. The summed E-state index contributed by atoms with van der Waals surface area (Å²) in [5.74, 6) is 0. The van der Waals surface area contributed by atoms with Crippen LogP contribution in [0.1, 0.15) is 0 Å². The fourth-order valence-corrected chi connectivity index (χ4v) is 0.365. The molecule has 0 saturated carbocycles. The van der Waals surface area contributed by atoms with Crippen molar-refractivity contribution in [1.82, 2.24) is 0 Å². The van der Waals surface area contributed by atoms with Crippen molar-refractivity contribution in [3.63, 3.8) is 0 Å². The first-order chi connectivity index (χ1) is 3.48. The van der Waals surface area contributed by atoms with Crippen molar-refractivity contribution in [3.8, 4) is 0 Å². The van der Waals surface area contributed by atoms with Crippen LogP contribution in [0, 0.1) is 0 Å². The highest BCUT2D eigenvalue weighted by atomic mass is 35.5. The molecule has 0 fully saturated rings. The molecule has 0 aliphatic carbocycles. The third-order valence-electron chi connectivity index (χ3n) is 0.470. The normalized spacial score (nSPS) is 13.6. The highest BCUT2D eigenvalue weighted by Gasteiger charge is 2.13. The number of hydrogen-bond donors (Lipinski definition) is 1. The van der Waals surface area contributed by atoms with Crippen LogP contribution in [-0.4, -0.2) is 17.7 Å². The molecule has 0 rings (SSSR count). The minimum absolute atomic E-state index is 0. The summed E-state index contributed by atoms with van der Waals surface area (Å²) in [6.07, 6.45) is 0.927. The van der Waals surface area contributed by atoms with Crippen LogP contribution in [0.15, 0.2) is 12.7 Å². The molecule has 1 atom stereocenters. The molecule has 0 radical (unpaired) electrons. The first-order valence-electron chi connectivity index (χ1n) is 1.71. The zero-order valence-electron chi connectivity index (χ0n) is 4.32. The van der Waals surface area contributed by atoms with Gasteiger partial charge in [-0.3, -0.25) is 4.55 Å². The van der Waals surface area contributed by atoms with Gasteiger partial charge >= 0.3 is 0 Å². The van der Waals surface area contributed by atoms with Crippen molar-refractivity contribution in [3.05, 3.63) is 12.7 Å². The molecule has 0 aromatic carbocycles. The largest absolute Gasteiger partial charge is 0.285 e. The van der Waals surface area contributed by atoms with Gasteiger partial charge in [-0.05, 0) is 0 Å². The van der Waals surface area contributed by atoms with Crippen LogP contribution >= 0.6 is 24.0 Å². The van der Waals surface area contributed by atoms with E-state index in [1.165, 1.54) is 0 Å². The van der Waals surface area contributed by atoms with Crippen molar-refractivity contribution in [2.45, 2.75) is 4.71 Å². The predicted octanol–water partition coefficient (Wildman–Crippen LogP) is 1.05. The van der Waals surface area contributed by atoms with E-state index in [4.69, 9.17) is 16.2 Å². The van der Waals surface area contributed by atoms with Gasteiger partial charge in [0, 0.05) is 0 Å². The average molecular weight is 193 g/mol. The Kier molecular flexibility index (Phi) is 5.46. The average Bonchev–Trinajstić information content (AvgIpc) is 1.62. The summed E-state index contributed by atoms with van der Waals surface area (Å²) in [5.41, 5.74) is 0. The van der Waals surface area contributed by atoms with Crippen LogP contribution in [0.4, 0.5) is 0 Å². The second kappa shape index (κ2) is 4.11. The standard InChI is InChI=1S/C3H5ClO3S.ClH/c1-2-3(4)8(5,6)7;/h2-3H,1H2,(H,5,6,7);1H. The lowest BCUT2D eigenvalue weighted by Gasteiger charge is -1.94. The zero-order valence-corrected chi connectivity index (χ0v) is 6.71. The van der Waals surface area contributed by atoms with Gasteiger partial charge in [0.1, 0.15) is 0 Å². The third-order valence-corrected chi connectivity index (χ3v) is 2.09. The van der Waals surface area contributed by atoms with Crippen LogP contribution in [0.5, 0.6) is 0 Å². The summed E-state index contributed by atoms with van der Waals surface area (Å²) in [6.45, 7) is 3.06. The second-order valence-corrected chi connectivity index (χ2v) is 3.37. The summed E-state index contributed by atoms with van der Waals surface area (Å²) in [6, 6.07) is 0. The van der Waals surface area contributed by atoms with Crippen molar-refractivity contribution in [2.24, 2.45) is 0 Å². The van der Waals surface area contributed by atoms with Gasteiger partial charge in [-0.25, -0.2) is 0 Å². The molecule has 1 unspecified atom stereocenters. The van der Waals surface area contributed by atoms with Gasteiger partial charge in [0.25, 0.3) is 10.1 Å². The van der Waals surface area contributed by atoms with Crippen LogP contribution in [0.25, 0.3) is 0 Å². The van der Waals surface area contributed by atoms with E-state index in [2.05, 4.69) is 6.58 Å². The SMILES string of the molecule is C=CC(Cl)S(=O)(=O)O.Cl. The molecular formula is C3H6Cl2O3S. The topological polar surface area (TPSA) is 54.4 Å². The molecule has 56 valence electrons. The van der Waals surface area contributed by atoms with Gasteiger partial charge in [0.2, 0.25) is 0 Å². The fourth-order valence-electron chi connectivity index (χ4n) is 0.122. The Balaban J connectivity index is 0. The van der Waals surface area contributed by atoms with Crippen LogP contribution in [0.3, 0.4) is 0 Å². The number of halogens is 2. The van der Waals surface area contributed by atoms with E-state index < -0.39 is 14.8 Å². The summed E-state index contributed by atoms with van der Waals surface area (Å²) < 4.78 is 26.5. The first kappa shape index (κ1) is 12.0. The van der Waals surface area contributed by atoms with Gasteiger partial charge in [-0.1, -0.05) is 17.7 Å². The number of rotatable bonds is 2. The minimum Gasteiger partial charge on any atom is -0.284 e. The van der Waals surface area contributed by atoms with E-state index in [-0.39, 0.29) is 12.4 Å². The molecular weight excluding hydrogens is 187 g/mol. The molecule has 0 bridgehead atoms. The maximum Gasteiger partial charge on any atom is 0.285 e. The molecule has 0 saturated heterocycles. The monoisotopic (exact) mass is 192 g/mol. The molecule has 0 aromatic heterocycles. The number of hydrogen-bond acceptors (Lipinski definition) is 2. The first-order valence-corrected chi connectivity index (χ1v) is 3.65. The van der Waals surface area contributed by atoms with E-state index in [9.17, 15) is 8.42 Å². The summed E-state index contributed by atoms with van der Waals surface area (Å²) in [7, 11) is -4.11. The van der Waals surface area contributed by atoms with Crippen LogP contribution in [-0.2, 0) is 10.1 Å². The van der Waals surface area contributed by atoms with Crippen LogP contribution < -0.4 is 0 Å². The van der Waals surface area contributed by atoms with Gasteiger partial charge in [0.05, 0.1) is 0 Å². The highest BCUT2D eigenvalue weighted by Crippen LogP contribution is 2.03. The molecule has 3 nitrogen and oxygen atoms in total. The molecule has 0 aliphatic rings. The maximum absolute atomic E-state index is 9.91. The van der Waals surface area contributed by atoms with Gasteiger partial charge < -0.3 is 0 Å². The molecule has 9 heavy (non-hydrogen) atoms. The smallest absolute Gasteiger partial charge is 0.284 e. The van der Waals surface area contributed by atoms with Crippen LogP contribution in [0.2, 0.25) is 0 Å². The Morgan fingerprint density at radius 1 is 1.67 bits per heavy atom. The van der Waals surface area contributed by atoms with E-state index in [0.29, 0.717) is 0 Å². The Bertz CT molecular complexity index is 173. The quantitative estimate of drug-likeness (QED) is 0.405. The maximum atomic E-state index is 9.91. The van der Waals surface area contributed by atoms with E-state index in [1.54, 1.807) is 0 Å². The molecule has 6 heteroatoms. The third kappa shape index (κ3) is 4.72. The minimum atomic E-state index is -4.11. The van der Waals surface area contributed by atoms with E-state index in [1.807, 2.05) is 0 Å². The van der Waals surface area contributed by atoms with Crippen molar-refractivity contribution < 1.29 is 13.0 Å². The Morgan fingerprint density at radius 2 is 2.00 bits per heavy atom. The van der Waals surface area contributed by atoms with Crippen molar-refractivity contribution in [1.29, 1.82) is 0 Å². The highest BCUT2D eigenvalue weighted by molar-refractivity contribution is 7.87. The Hall–Kier alpha value is 0.230. The van der Waals surface area contributed by atoms with E-state index >= 15 is 0 Å².